The average molecular weight is 405 g/mol. The van der Waals surface area contributed by atoms with Gasteiger partial charge >= 0.3 is 6.03 Å². The van der Waals surface area contributed by atoms with Crippen molar-refractivity contribution >= 4 is 33.5 Å². The fourth-order valence-electron chi connectivity index (χ4n) is 2.56. The van der Waals surface area contributed by atoms with Gasteiger partial charge in [-0.15, -0.1) is 0 Å². The Labute approximate surface area is 164 Å². The van der Waals surface area contributed by atoms with Gasteiger partial charge in [-0.1, -0.05) is 12.1 Å². The molecule has 0 unspecified atom stereocenters. The molecular weight excluding hydrogens is 382 g/mol. The molecule has 2 aromatic rings. The van der Waals surface area contributed by atoms with E-state index in [2.05, 4.69) is 15.6 Å². The van der Waals surface area contributed by atoms with Gasteiger partial charge in [-0.3, -0.25) is 9.69 Å². The Balaban J connectivity index is 1.98. The summed E-state index contributed by atoms with van der Waals surface area (Å²) in [4.78, 5) is 29.4. The van der Waals surface area contributed by atoms with E-state index in [-0.39, 0.29) is 16.8 Å². The molecular formula is C18H23N5O4S. The normalized spacial score (nSPS) is 12.1. The first-order valence-electron chi connectivity index (χ1n) is 8.56. The average Bonchev–Trinajstić information content (AvgIpc) is 2.62. The lowest BCUT2D eigenvalue weighted by Gasteiger charge is -2.18. The molecule has 4 N–H and O–H groups in total. The Morgan fingerprint density at radius 1 is 1.18 bits per heavy atom. The van der Waals surface area contributed by atoms with Crippen molar-refractivity contribution in [3.63, 3.8) is 0 Å². The number of rotatable bonds is 6. The van der Waals surface area contributed by atoms with E-state index in [9.17, 15) is 18.0 Å². The number of anilines is 2. The molecule has 1 aromatic heterocycles. The monoisotopic (exact) mass is 405 g/mol. The summed E-state index contributed by atoms with van der Waals surface area (Å²) in [7, 11) is -3.76. The van der Waals surface area contributed by atoms with Crippen LogP contribution < -0.4 is 20.7 Å². The third kappa shape index (κ3) is 5.51. The number of benzene rings is 1. The number of carbonyl (C=O) groups excluding carboxylic acids is 2. The first-order valence-corrected chi connectivity index (χ1v) is 10.1. The molecule has 0 aliphatic carbocycles. The van der Waals surface area contributed by atoms with Crippen molar-refractivity contribution in [2.75, 3.05) is 16.8 Å². The van der Waals surface area contributed by atoms with Crippen molar-refractivity contribution in [2.45, 2.75) is 31.7 Å². The SMILES string of the molecule is CCN(C(C)=O)c1ccc(NC(=O)N[C@@H](C)c2ccc(S(N)(=O)=O)cc2)cn1. The number of pyridine rings is 1. The first-order chi connectivity index (χ1) is 13.1. The molecule has 0 radical (unpaired) electrons. The quantitative estimate of drug-likeness (QED) is 0.675. The van der Waals surface area contributed by atoms with E-state index in [1.165, 1.54) is 30.2 Å². The Kier molecular flexibility index (Phi) is 6.71. The number of nitrogens with one attached hydrogen (secondary N) is 2. The number of urea groups is 1. The van der Waals surface area contributed by atoms with Crippen molar-refractivity contribution < 1.29 is 18.0 Å². The second-order valence-corrected chi connectivity index (χ2v) is 7.66. The zero-order chi connectivity index (χ0) is 20.9. The topological polar surface area (TPSA) is 134 Å². The number of carbonyl (C=O) groups is 2. The molecule has 2 rings (SSSR count). The van der Waals surface area contributed by atoms with Crippen molar-refractivity contribution in [2.24, 2.45) is 5.14 Å². The number of hydrogen-bond donors (Lipinski definition) is 3. The minimum Gasteiger partial charge on any atom is -0.331 e. The van der Waals surface area contributed by atoms with E-state index in [1.807, 2.05) is 6.92 Å². The van der Waals surface area contributed by atoms with Crippen LogP contribution in [0.4, 0.5) is 16.3 Å². The largest absolute Gasteiger partial charge is 0.331 e. The van der Waals surface area contributed by atoms with Gasteiger partial charge in [0.1, 0.15) is 5.82 Å². The van der Waals surface area contributed by atoms with Gasteiger partial charge in [0, 0.05) is 13.5 Å². The summed E-state index contributed by atoms with van der Waals surface area (Å²) in [6.07, 6.45) is 1.46. The minimum atomic E-state index is -3.76. The van der Waals surface area contributed by atoms with E-state index >= 15 is 0 Å². The molecule has 0 aliphatic heterocycles. The van der Waals surface area contributed by atoms with E-state index in [0.29, 0.717) is 18.1 Å². The van der Waals surface area contributed by atoms with Crippen LogP contribution in [-0.4, -0.2) is 31.9 Å². The summed E-state index contributed by atoms with van der Waals surface area (Å²) in [5, 5.41) is 10.5. The summed E-state index contributed by atoms with van der Waals surface area (Å²) >= 11 is 0. The lowest BCUT2D eigenvalue weighted by atomic mass is 10.1. The van der Waals surface area contributed by atoms with Gasteiger partial charge in [0.2, 0.25) is 15.9 Å². The van der Waals surface area contributed by atoms with Crippen molar-refractivity contribution in [3.8, 4) is 0 Å². The summed E-state index contributed by atoms with van der Waals surface area (Å²) in [6.45, 7) is 5.57. The first kappa shape index (κ1) is 21.3. The molecule has 3 amide bonds. The zero-order valence-corrected chi connectivity index (χ0v) is 16.7. The van der Waals surface area contributed by atoms with Gasteiger partial charge in [-0.2, -0.15) is 0 Å². The second-order valence-electron chi connectivity index (χ2n) is 6.10. The molecule has 150 valence electrons. The third-order valence-corrected chi connectivity index (χ3v) is 4.96. The standard InChI is InChI=1S/C18H23N5O4S/c1-4-23(13(3)24)17-10-7-15(11-20-17)22-18(25)21-12(2)14-5-8-16(9-6-14)28(19,26)27/h5-12H,4H2,1-3H3,(H2,19,26,27)(H2,21,22,25)/t12-/m0/s1. The molecule has 28 heavy (non-hydrogen) atoms. The van der Waals surface area contributed by atoms with Crippen molar-refractivity contribution in [1.82, 2.24) is 10.3 Å². The summed E-state index contributed by atoms with van der Waals surface area (Å²) in [6, 6.07) is 8.43. The third-order valence-electron chi connectivity index (χ3n) is 4.03. The van der Waals surface area contributed by atoms with Crippen LogP contribution in [-0.2, 0) is 14.8 Å². The molecule has 10 heteroatoms. The highest BCUT2D eigenvalue weighted by atomic mass is 32.2. The molecule has 0 spiro atoms. The predicted molar refractivity (Wildman–Crippen MR) is 106 cm³/mol. The molecule has 0 bridgehead atoms. The van der Waals surface area contributed by atoms with Gasteiger partial charge in [0.05, 0.1) is 22.8 Å². The number of nitrogens with zero attached hydrogens (tertiary/aromatic N) is 2. The highest BCUT2D eigenvalue weighted by molar-refractivity contribution is 7.89. The minimum absolute atomic E-state index is 0.00532. The molecule has 1 atom stereocenters. The van der Waals surface area contributed by atoms with E-state index in [1.54, 1.807) is 31.2 Å². The molecule has 0 saturated heterocycles. The maximum atomic E-state index is 12.2. The van der Waals surface area contributed by atoms with Crippen molar-refractivity contribution in [3.05, 3.63) is 48.2 Å². The zero-order valence-electron chi connectivity index (χ0n) is 15.8. The number of primary sulfonamides is 1. The summed E-state index contributed by atoms with van der Waals surface area (Å²) in [5.74, 6) is 0.389. The second kappa shape index (κ2) is 8.81. The Bertz CT molecular complexity index is 943. The van der Waals surface area contributed by atoms with Crippen LogP contribution in [0.3, 0.4) is 0 Å². The van der Waals surface area contributed by atoms with Gasteiger partial charge in [-0.25, -0.2) is 23.3 Å². The van der Waals surface area contributed by atoms with E-state index in [0.717, 1.165) is 5.56 Å². The number of hydrogen-bond acceptors (Lipinski definition) is 5. The van der Waals surface area contributed by atoms with Crippen LogP contribution in [0.5, 0.6) is 0 Å². The number of amides is 3. The maximum absolute atomic E-state index is 12.2. The number of nitrogens with two attached hydrogens (primary N) is 1. The summed E-state index contributed by atoms with van der Waals surface area (Å²) < 4.78 is 22.6. The number of aromatic nitrogens is 1. The van der Waals surface area contributed by atoms with Crippen LogP contribution in [0, 0.1) is 0 Å². The number of sulfonamides is 1. The molecule has 0 saturated carbocycles. The lowest BCUT2D eigenvalue weighted by Crippen LogP contribution is -2.31. The molecule has 1 aromatic carbocycles. The fourth-order valence-corrected chi connectivity index (χ4v) is 3.07. The lowest BCUT2D eigenvalue weighted by molar-refractivity contribution is -0.116. The maximum Gasteiger partial charge on any atom is 0.319 e. The smallest absolute Gasteiger partial charge is 0.319 e. The van der Waals surface area contributed by atoms with Gasteiger partial charge in [-0.05, 0) is 43.7 Å². The molecule has 1 heterocycles. The van der Waals surface area contributed by atoms with Crippen LogP contribution in [0.1, 0.15) is 32.4 Å². The van der Waals surface area contributed by atoms with Gasteiger partial charge in [0.15, 0.2) is 0 Å². The summed E-state index contributed by atoms with van der Waals surface area (Å²) in [5.41, 5.74) is 1.19. The van der Waals surface area contributed by atoms with E-state index in [4.69, 9.17) is 5.14 Å². The van der Waals surface area contributed by atoms with Crippen LogP contribution >= 0.6 is 0 Å². The van der Waals surface area contributed by atoms with Gasteiger partial charge in [0.25, 0.3) is 0 Å². The van der Waals surface area contributed by atoms with Crippen LogP contribution in [0.15, 0.2) is 47.5 Å². The predicted octanol–water partition coefficient (Wildman–Crippen LogP) is 1.98. The van der Waals surface area contributed by atoms with Crippen molar-refractivity contribution in [1.29, 1.82) is 0 Å². The van der Waals surface area contributed by atoms with E-state index < -0.39 is 16.1 Å². The Hall–Kier alpha value is -2.98. The molecule has 0 fully saturated rings. The van der Waals surface area contributed by atoms with Gasteiger partial charge < -0.3 is 10.6 Å². The Morgan fingerprint density at radius 3 is 2.29 bits per heavy atom. The molecule has 9 nitrogen and oxygen atoms in total. The molecule has 0 aliphatic rings. The highest BCUT2D eigenvalue weighted by Crippen LogP contribution is 2.17. The van der Waals surface area contributed by atoms with Crippen LogP contribution in [0.25, 0.3) is 0 Å². The highest BCUT2D eigenvalue weighted by Gasteiger charge is 2.13. The fraction of sp³-hybridized carbons (Fsp3) is 0.278. The van der Waals surface area contributed by atoms with Crippen LogP contribution in [0.2, 0.25) is 0 Å². The Morgan fingerprint density at radius 2 is 1.82 bits per heavy atom.